The smallest absolute Gasteiger partial charge is 0.333 e. The first-order valence-electron chi connectivity index (χ1n) is 5.53. The summed E-state index contributed by atoms with van der Waals surface area (Å²) in [5.74, 6) is -2.32. The molecule has 5 N–H and O–H groups in total. The van der Waals surface area contributed by atoms with Gasteiger partial charge in [0.15, 0.2) is 0 Å². The molecule has 6 heteroatoms. The van der Waals surface area contributed by atoms with Crippen molar-refractivity contribution < 1.29 is 24.9 Å². The maximum Gasteiger partial charge on any atom is 0.333 e. The van der Waals surface area contributed by atoms with E-state index in [-0.39, 0.29) is 5.57 Å². The Labute approximate surface area is 105 Å². The first-order chi connectivity index (χ1) is 8.31. The van der Waals surface area contributed by atoms with Crippen LogP contribution in [0.1, 0.15) is 20.3 Å². The lowest BCUT2D eigenvalue weighted by Gasteiger charge is -2.30. The fourth-order valence-electron chi connectivity index (χ4n) is 1.29. The molecule has 2 atom stereocenters. The van der Waals surface area contributed by atoms with E-state index in [0.29, 0.717) is 6.61 Å². The highest BCUT2D eigenvalue weighted by atomic mass is 16.4. The third kappa shape index (κ3) is 3.68. The summed E-state index contributed by atoms with van der Waals surface area (Å²) in [6, 6.07) is -1.03. The van der Waals surface area contributed by atoms with Crippen molar-refractivity contribution in [3.63, 3.8) is 0 Å². The molecule has 0 aromatic heterocycles. The van der Waals surface area contributed by atoms with E-state index in [1.54, 1.807) is 0 Å². The molecule has 0 aromatic carbocycles. The molecule has 0 saturated carbocycles. The minimum absolute atomic E-state index is 0.0857. The van der Waals surface area contributed by atoms with Crippen LogP contribution in [0, 0.1) is 5.41 Å². The van der Waals surface area contributed by atoms with Gasteiger partial charge in [-0.15, -0.1) is 0 Å². The zero-order valence-electron chi connectivity index (χ0n) is 10.5. The van der Waals surface area contributed by atoms with Crippen LogP contribution in [0.15, 0.2) is 23.8 Å². The predicted octanol–water partition coefficient (Wildman–Crippen LogP) is 0.374. The standard InChI is InChI=1S/C9H11NO4.C3H8O/c1-9(8(13)14)4-2-3-5(6(9)10)7(11)12;1-2-3-4/h2-4,6H,10H2,1H3,(H,11,12)(H,13,14);4H,2-3H2,1H3/t6-,9?;/m0./s1. The van der Waals surface area contributed by atoms with Gasteiger partial charge in [0, 0.05) is 6.61 Å². The van der Waals surface area contributed by atoms with E-state index in [2.05, 4.69) is 0 Å². The average molecular weight is 257 g/mol. The van der Waals surface area contributed by atoms with Crippen molar-refractivity contribution in [2.75, 3.05) is 6.61 Å². The molecule has 1 aliphatic rings. The van der Waals surface area contributed by atoms with Crippen molar-refractivity contribution >= 4 is 11.9 Å². The summed E-state index contributed by atoms with van der Waals surface area (Å²) < 4.78 is 0. The van der Waals surface area contributed by atoms with Crippen LogP contribution in [0.25, 0.3) is 0 Å². The molecule has 0 amide bonds. The lowest BCUT2D eigenvalue weighted by atomic mass is 9.76. The van der Waals surface area contributed by atoms with Crippen LogP contribution in [-0.2, 0) is 9.59 Å². The van der Waals surface area contributed by atoms with Crippen molar-refractivity contribution in [3.05, 3.63) is 23.8 Å². The Morgan fingerprint density at radius 2 is 1.94 bits per heavy atom. The number of carboxylic acids is 2. The highest BCUT2D eigenvalue weighted by Crippen LogP contribution is 2.30. The van der Waals surface area contributed by atoms with E-state index < -0.39 is 23.4 Å². The summed E-state index contributed by atoms with van der Waals surface area (Å²) in [4.78, 5) is 21.6. The van der Waals surface area contributed by atoms with Crippen LogP contribution in [0.4, 0.5) is 0 Å². The van der Waals surface area contributed by atoms with Crippen LogP contribution in [-0.4, -0.2) is 39.9 Å². The first-order valence-corrected chi connectivity index (χ1v) is 5.53. The van der Waals surface area contributed by atoms with Crippen molar-refractivity contribution in [1.29, 1.82) is 0 Å². The number of allylic oxidation sites excluding steroid dienone is 2. The molecule has 0 fully saturated rings. The van der Waals surface area contributed by atoms with E-state index >= 15 is 0 Å². The van der Waals surface area contributed by atoms with Gasteiger partial charge >= 0.3 is 11.9 Å². The molecule has 0 radical (unpaired) electrons. The molecule has 0 saturated heterocycles. The molecule has 1 rings (SSSR count). The Bertz CT molecular complexity index is 373. The van der Waals surface area contributed by atoms with Crippen molar-refractivity contribution in [3.8, 4) is 0 Å². The van der Waals surface area contributed by atoms with Crippen LogP contribution >= 0.6 is 0 Å². The molecular formula is C12H19NO5. The van der Waals surface area contributed by atoms with E-state index in [4.69, 9.17) is 21.1 Å². The van der Waals surface area contributed by atoms with E-state index in [1.807, 2.05) is 6.92 Å². The molecule has 6 nitrogen and oxygen atoms in total. The molecule has 0 bridgehead atoms. The van der Waals surface area contributed by atoms with Crippen LogP contribution < -0.4 is 5.73 Å². The minimum Gasteiger partial charge on any atom is -0.481 e. The fourth-order valence-corrected chi connectivity index (χ4v) is 1.29. The van der Waals surface area contributed by atoms with Gasteiger partial charge in [-0.2, -0.15) is 0 Å². The number of aliphatic hydroxyl groups excluding tert-OH is 1. The van der Waals surface area contributed by atoms with Gasteiger partial charge in [0.25, 0.3) is 0 Å². The number of rotatable bonds is 3. The number of hydrogen-bond acceptors (Lipinski definition) is 4. The van der Waals surface area contributed by atoms with Gasteiger partial charge in [0.05, 0.1) is 11.6 Å². The van der Waals surface area contributed by atoms with Crippen molar-refractivity contribution in [2.45, 2.75) is 26.3 Å². The second-order valence-corrected chi connectivity index (χ2v) is 4.08. The number of hydrogen-bond donors (Lipinski definition) is 4. The van der Waals surface area contributed by atoms with Gasteiger partial charge in [-0.05, 0) is 13.3 Å². The Kier molecular flexibility index (Phi) is 6.29. The zero-order chi connectivity index (χ0) is 14.3. The van der Waals surface area contributed by atoms with Crippen molar-refractivity contribution in [2.24, 2.45) is 11.1 Å². The summed E-state index contributed by atoms with van der Waals surface area (Å²) >= 11 is 0. The third-order valence-electron chi connectivity index (χ3n) is 2.63. The maximum absolute atomic E-state index is 10.9. The predicted molar refractivity (Wildman–Crippen MR) is 66.0 cm³/mol. The molecule has 18 heavy (non-hydrogen) atoms. The Balaban J connectivity index is 0.000000631. The van der Waals surface area contributed by atoms with Gasteiger partial charge in [-0.3, -0.25) is 4.79 Å². The molecular weight excluding hydrogens is 238 g/mol. The highest BCUT2D eigenvalue weighted by molar-refractivity contribution is 5.92. The van der Waals surface area contributed by atoms with Crippen LogP contribution in [0.3, 0.4) is 0 Å². The largest absolute Gasteiger partial charge is 0.481 e. The number of nitrogens with two attached hydrogens (primary N) is 1. The Hall–Kier alpha value is -1.66. The van der Waals surface area contributed by atoms with E-state index in [1.165, 1.54) is 25.2 Å². The second kappa shape index (κ2) is 6.93. The SMILES string of the molecule is CC1(C(=O)O)C=CC=C(C(=O)O)[C@@H]1N.CCCO. The average Bonchev–Trinajstić information content (AvgIpc) is 2.32. The van der Waals surface area contributed by atoms with Gasteiger partial charge in [0.1, 0.15) is 5.41 Å². The fraction of sp³-hybridized carbons (Fsp3) is 0.500. The van der Waals surface area contributed by atoms with Gasteiger partial charge in [-0.1, -0.05) is 25.2 Å². The van der Waals surface area contributed by atoms with E-state index in [0.717, 1.165) is 6.42 Å². The Morgan fingerprint density at radius 1 is 1.44 bits per heavy atom. The summed E-state index contributed by atoms with van der Waals surface area (Å²) in [6.07, 6.45) is 4.99. The van der Waals surface area contributed by atoms with E-state index in [9.17, 15) is 9.59 Å². The maximum atomic E-state index is 10.9. The summed E-state index contributed by atoms with van der Waals surface area (Å²) in [7, 11) is 0. The number of carbonyl (C=O) groups is 2. The summed E-state index contributed by atoms with van der Waals surface area (Å²) in [5.41, 5.74) is 4.15. The number of aliphatic carboxylic acids is 2. The highest BCUT2D eigenvalue weighted by Gasteiger charge is 2.42. The zero-order valence-corrected chi connectivity index (χ0v) is 10.5. The Morgan fingerprint density at radius 3 is 2.28 bits per heavy atom. The second-order valence-electron chi connectivity index (χ2n) is 4.08. The molecule has 1 unspecified atom stereocenters. The number of aliphatic hydroxyl groups is 1. The lowest BCUT2D eigenvalue weighted by molar-refractivity contribution is -0.146. The van der Waals surface area contributed by atoms with Crippen LogP contribution in [0.5, 0.6) is 0 Å². The topological polar surface area (TPSA) is 121 Å². The normalized spacial score (nSPS) is 25.8. The molecule has 102 valence electrons. The first kappa shape index (κ1) is 16.3. The summed E-state index contributed by atoms with van der Waals surface area (Å²) in [6.45, 7) is 3.65. The van der Waals surface area contributed by atoms with Crippen LogP contribution in [0.2, 0.25) is 0 Å². The lowest BCUT2D eigenvalue weighted by Crippen LogP contribution is -2.48. The molecule has 0 aliphatic heterocycles. The van der Waals surface area contributed by atoms with Gasteiger partial charge in [-0.25, -0.2) is 4.79 Å². The number of carboxylic acid groups (broad SMARTS) is 2. The molecule has 0 heterocycles. The van der Waals surface area contributed by atoms with Gasteiger partial charge < -0.3 is 21.1 Å². The minimum atomic E-state index is -1.34. The van der Waals surface area contributed by atoms with Gasteiger partial charge in [0.2, 0.25) is 0 Å². The molecule has 0 spiro atoms. The van der Waals surface area contributed by atoms with Crippen molar-refractivity contribution in [1.82, 2.24) is 0 Å². The molecule has 0 aromatic rings. The monoisotopic (exact) mass is 257 g/mol. The molecule has 1 aliphatic carbocycles. The third-order valence-corrected chi connectivity index (χ3v) is 2.63. The summed E-state index contributed by atoms with van der Waals surface area (Å²) in [5, 5.41) is 25.5. The quantitative estimate of drug-likeness (QED) is 0.579.